The van der Waals surface area contributed by atoms with Crippen LogP contribution in [0.25, 0.3) is 0 Å². The van der Waals surface area contributed by atoms with Crippen molar-refractivity contribution in [2.45, 2.75) is 13.5 Å². The van der Waals surface area contributed by atoms with Crippen molar-refractivity contribution in [1.29, 1.82) is 0 Å². The molecule has 1 N–H and O–H groups in total. The number of aryl methyl sites for hydroxylation is 1. The molecule has 0 radical (unpaired) electrons. The number of amides is 1. The fraction of sp³-hybridized carbons (Fsp3) is 0.182. The van der Waals surface area contributed by atoms with Crippen LogP contribution in [0.1, 0.15) is 21.1 Å². The number of nitrogens with zero attached hydrogens (tertiary/aromatic N) is 2. The van der Waals surface area contributed by atoms with Crippen LogP contribution in [0.15, 0.2) is 29.9 Å². The van der Waals surface area contributed by atoms with Gasteiger partial charge in [-0.05, 0) is 19.1 Å². The van der Waals surface area contributed by atoms with Crippen LogP contribution in [0.4, 0.5) is 0 Å². The standard InChI is InChI=1S/C11H11N3OS/c1-8-14-10(7-16-8)6-13-11(15)9-3-2-4-12-5-9/h2-5,7H,6H2,1H3,(H,13,15). The Morgan fingerprint density at radius 3 is 3.06 bits per heavy atom. The minimum atomic E-state index is -0.126. The molecule has 1 amide bonds. The van der Waals surface area contributed by atoms with Crippen molar-refractivity contribution in [2.24, 2.45) is 0 Å². The highest BCUT2D eigenvalue weighted by molar-refractivity contribution is 7.09. The van der Waals surface area contributed by atoms with Gasteiger partial charge in [0.15, 0.2) is 0 Å². The first-order valence-electron chi connectivity index (χ1n) is 4.85. The highest BCUT2D eigenvalue weighted by Crippen LogP contribution is 2.07. The van der Waals surface area contributed by atoms with E-state index in [0.717, 1.165) is 10.7 Å². The van der Waals surface area contributed by atoms with E-state index in [2.05, 4.69) is 15.3 Å². The van der Waals surface area contributed by atoms with Gasteiger partial charge in [-0.1, -0.05) is 0 Å². The molecule has 0 aliphatic carbocycles. The van der Waals surface area contributed by atoms with Gasteiger partial charge in [0.2, 0.25) is 0 Å². The minimum Gasteiger partial charge on any atom is -0.346 e. The first kappa shape index (κ1) is 10.8. The number of thiazole rings is 1. The van der Waals surface area contributed by atoms with Crippen LogP contribution >= 0.6 is 11.3 Å². The summed E-state index contributed by atoms with van der Waals surface area (Å²) < 4.78 is 0. The van der Waals surface area contributed by atoms with E-state index in [4.69, 9.17) is 0 Å². The molecular formula is C11H11N3OS. The molecule has 2 aromatic heterocycles. The molecule has 16 heavy (non-hydrogen) atoms. The molecule has 0 fully saturated rings. The Morgan fingerprint density at radius 2 is 2.44 bits per heavy atom. The second-order valence-electron chi connectivity index (χ2n) is 3.28. The Labute approximate surface area is 97.4 Å². The number of hydrogen-bond acceptors (Lipinski definition) is 4. The summed E-state index contributed by atoms with van der Waals surface area (Å²) >= 11 is 1.58. The predicted octanol–water partition coefficient (Wildman–Crippen LogP) is 1.78. The lowest BCUT2D eigenvalue weighted by Crippen LogP contribution is -2.22. The molecule has 0 aliphatic rings. The zero-order valence-electron chi connectivity index (χ0n) is 8.80. The minimum absolute atomic E-state index is 0.126. The van der Waals surface area contributed by atoms with Crippen LogP contribution in [0.2, 0.25) is 0 Å². The van der Waals surface area contributed by atoms with Crippen molar-refractivity contribution < 1.29 is 4.79 Å². The molecule has 4 nitrogen and oxygen atoms in total. The molecule has 0 atom stereocenters. The van der Waals surface area contributed by atoms with Crippen molar-refractivity contribution in [1.82, 2.24) is 15.3 Å². The van der Waals surface area contributed by atoms with Crippen molar-refractivity contribution in [3.8, 4) is 0 Å². The summed E-state index contributed by atoms with van der Waals surface area (Å²) in [6.07, 6.45) is 3.18. The zero-order chi connectivity index (χ0) is 11.4. The van der Waals surface area contributed by atoms with Gasteiger partial charge in [0.25, 0.3) is 5.91 Å². The molecular weight excluding hydrogens is 222 g/mol. The monoisotopic (exact) mass is 233 g/mol. The van der Waals surface area contributed by atoms with Gasteiger partial charge in [-0.3, -0.25) is 9.78 Å². The lowest BCUT2D eigenvalue weighted by Gasteiger charge is -2.02. The van der Waals surface area contributed by atoms with E-state index in [0.29, 0.717) is 12.1 Å². The van der Waals surface area contributed by atoms with E-state index in [-0.39, 0.29) is 5.91 Å². The van der Waals surface area contributed by atoms with Crippen LogP contribution in [0.3, 0.4) is 0 Å². The maximum absolute atomic E-state index is 11.6. The lowest BCUT2D eigenvalue weighted by molar-refractivity contribution is 0.0950. The van der Waals surface area contributed by atoms with Crippen LogP contribution in [0.5, 0.6) is 0 Å². The first-order valence-corrected chi connectivity index (χ1v) is 5.73. The molecule has 0 bridgehead atoms. The normalized spacial score (nSPS) is 10.1. The number of rotatable bonds is 3. The van der Waals surface area contributed by atoms with Crippen LogP contribution < -0.4 is 5.32 Å². The van der Waals surface area contributed by atoms with Gasteiger partial charge in [0, 0.05) is 17.8 Å². The van der Waals surface area contributed by atoms with Gasteiger partial charge >= 0.3 is 0 Å². The Balaban J connectivity index is 1.94. The maximum atomic E-state index is 11.6. The van der Waals surface area contributed by atoms with Crippen LogP contribution in [-0.2, 0) is 6.54 Å². The summed E-state index contributed by atoms with van der Waals surface area (Å²) in [4.78, 5) is 19.8. The molecule has 2 aromatic rings. The molecule has 5 heteroatoms. The quantitative estimate of drug-likeness (QED) is 0.879. The Bertz CT molecular complexity index is 481. The average molecular weight is 233 g/mol. The fourth-order valence-corrected chi connectivity index (χ4v) is 1.87. The fourth-order valence-electron chi connectivity index (χ4n) is 1.26. The molecule has 0 unspecified atom stereocenters. The predicted molar refractivity (Wildman–Crippen MR) is 62.3 cm³/mol. The lowest BCUT2D eigenvalue weighted by atomic mass is 10.2. The number of carbonyl (C=O) groups excluding carboxylic acids is 1. The summed E-state index contributed by atoms with van der Waals surface area (Å²) in [5.74, 6) is -0.126. The highest BCUT2D eigenvalue weighted by atomic mass is 32.1. The van der Waals surface area contributed by atoms with E-state index in [1.807, 2.05) is 12.3 Å². The summed E-state index contributed by atoms with van der Waals surface area (Å²) in [5, 5.41) is 5.74. The largest absolute Gasteiger partial charge is 0.346 e. The van der Waals surface area contributed by atoms with E-state index in [1.54, 1.807) is 35.9 Å². The van der Waals surface area contributed by atoms with Crippen molar-refractivity contribution in [3.63, 3.8) is 0 Å². The summed E-state index contributed by atoms with van der Waals surface area (Å²) in [6.45, 7) is 2.40. The second kappa shape index (κ2) is 4.85. The van der Waals surface area contributed by atoms with Gasteiger partial charge in [-0.25, -0.2) is 4.98 Å². The molecule has 2 heterocycles. The SMILES string of the molecule is Cc1nc(CNC(=O)c2cccnc2)cs1. The van der Waals surface area contributed by atoms with Crippen LogP contribution in [-0.4, -0.2) is 15.9 Å². The molecule has 82 valence electrons. The van der Waals surface area contributed by atoms with E-state index in [9.17, 15) is 4.79 Å². The molecule has 0 spiro atoms. The highest BCUT2D eigenvalue weighted by Gasteiger charge is 2.05. The summed E-state index contributed by atoms with van der Waals surface area (Å²) in [6, 6.07) is 3.47. The van der Waals surface area contributed by atoms with Crippen molar-refractivity contribution in [3.05, 3.63) is 46.2 Å². The van der Waals surface area contributed by atoms with Gasteiger partial charge in [-0.15, -0.1) is 11.3 Å². The third kappa shape index (κ3) is 2.64. The third-order valence-corrected chi connectivity index (χ3v) is 2.84. The van der Waals surface area contributed by atoms with Crippen molar-refractivity contribution >= 4 is 17.2 Å². The van der Waals surface area contributed by atoms with E-state index >= 15 is 0 Å². The Kier molecular flexibility index (Phi) is 3.26. The number of hydrogen-bond donors (Lipinski definition) is 1. The number of carbonyl (C=O) groups is 1. The van der Waals surface area contributed by atoms with E-state index < -0.39 is 0 Å². The van der Waals surface area contributed by atoms with E-state index in [1.165, 1.54) is 0 Å². The molecule has 0 aliphatic heterocycles. The Hall–Kier alpha value is -1.75. The van der Waals surface area contributed by atoms with Crippen LogP contribution in [0, 0.1) is 6.92 Å². The number of nitrogens with one attached hydrogen (secondary N) is 1. The van der Waals surface area contributed by atoms with Crippen molar-refractivity contribution in [2.75, 3.05) is 0 Å². The average Bonchev–Trinajstić information content (AvgIpc) is 2.73. The first-order chi connectivity index (χ1) is 7.75. The topological polar surface area (TPSA) is 54.9 Å². The van der Waals surface area contributed by atoms with Gasteiger partial charge in [-0.2, -0.15) is 0 Å². The zero-order valence-corrected chi connectivity index (χ0v) is 9.62. The van der Waals surface area contributed by atoms with Gasteiger partial charge < -0.3 is 5.32 Å². The summed E-state index contributed by atoms with van der Waals surface area (Å²) in [5.41, 5.74) is 1.45. The molecule has 0 aromatic carbocycles. The maximum Gasteiger partial charge on any atom is 0.253 e. The molecule has 0 saturated heterocycles. The second-order valence-corrected chi connectivity index (χ2v) is 4.34. The number of pyridine rings is 1. The van der Waals surface area contributed by atoms with Gasteiger partial charge in [0.05, 0.1) is 22.8 Å². The van der Waals surface area contributed by atoms with Gasteiger partial charge in [0.1, 0.15) is 0 Å². The smallest absolute Gasteiger partial charge is 0.253 e. The molecule has 0 saturated carbocycles. The summed E-state index contributed by atoms with van der Waals surface area (Å²) in [7, 11) is 0. The number of aromatic nitrogens is 2. The Morgan fingerprint density at radius 1 is 1.56 bits per heavy atom. The molecule has 2 rings (SSSR count). The third-order valence-electron chi connectivity index (χ3n) is 2.02.